The number of thiol groups is 1. The first-order chi connectivity index (χ1) is 4.20. The molecule has 1 heterocycles. The second-order valence-electron chi connectivity index (χ2n) is 2.18. The Hall–Kier alpha value is -0.500. The van der Waals surface area contributed by atoms with Gasteiger partial charge in [0, 0.05) is 6.07 Å². The van der Waals surface area contributed by atoms with Crippen LogP contribution < -0.4 is 4.57 Å². The van der Waals surface area contributed by atoms with Crippen molar-refractivity contribution in [3.8, 4) is 0 Å². The van der Waals surface area contributed by atoms with Crippen molar-refractivity contribution in [3.05, 3.63) is 24.0 Å². The minimum absolute atomic E-state index is 1.04. The normalized spacial score (nSPS) is 9.67. The fraction of sp³-hybridized carbons (Fsp3) is 0.286. The molecule has 0 amide bonds. The van der Waals surface area contributed by atoms with E-state index >= 15 is 0 Å². The second kappa shape index (κ2) is 2.40. The molecule has 1 nitrogen and oxygen atoms in total. The Bertz CT molecular complexity index is 220. The van der Waals surface area contributed by atoms with Crippen molar-refractivity contribution in [1.29, 1.82) is 0 Å². The summed E-state index contributed by atoms with van der Waals surface area (Å²) < 4.78 is 1.98. The van der Waals surface area contributed by atoms with Crippen LogP contribution in [0.15, 0.2) is 23.4 Å². The van der Waals surface area contributed by atoms with Crippen LogP contribution in [0.2, 0.25) is 0 Å². The molecule has 1 aromatic heterocycles. The smallest absolute Gasteiger partial charge is 0.182 e. The van der Waals surface area contributed by atoms with E-state index in [4.69, 9.17) is 0 Å². The van der Waals surface area contributed by atoms with Gasteiger partial charge in [-0.3, -0.25) is 0 Å². The highest BCUT2D eigenvalue weighted by Crippen LogP contribution is 2.06. The molecule has 2 heteroatoms. The van der Waals surface area contributed by atoms with Gasteiger partial charge in [-0.25, -0.2) is 4.57 Å². The monoisotopic (exact) mass is 140 g/mol. The number of hydrogen-bond donors (Lipinski definition) is 1. The zero-order valence-electron chi connectivity index (χ0n) is 5.63. The van der Waals surface area contributed by atoms with E-state index in [1.54, 1.807) is 0 Å². The zero-order chi connectivity index (χ0) is 6.85. The van der Waals surface area contributed by atoms with E-state index < -0.39 is 0 Å². The molecule has 0 fully saturated rings. The summed E-state index contributed by atoms with van der Waals surface area (Å²) in [5.74, 6) is 0. The third-order valence-electron chi connectivity index (χ3n) is 1.29. The van der Waals surface area contributed by atoms with E-state index in [0.29, 0.717) is 0 Å². The van der Waals surface area contributed by atoms with E-state index in [-0.39, 0.29) is 0 Å². The summed E-state index contributed by atoms with van der Waals surface area (Å²) in [7, 11) is 1.99. The van der Waals surface area contributed by atoms with Gasteiger partial charge in [0.15, 0.2) is 12.4 Å². The van der Waals surface area contributed by atoms with Gasteiger partial charge >= 0.3 is 0 Å². The molecule has 9 heavy (non-hydrogen) atoms. The largest absolute Gasteiger partial charge is 0.207 e. The Morgan fingerprint density at radius 2 is 2.22 bits per heavy atom. The summed E-state index contributed by atoms with van der Waals surface area (Å²) in [5.41, 5.74) is 1.22. The quantitative estimate of drug-likeness (QED) is 0.406. The molecular formula is C7H10NS+. The molecule has 0 saturated heterocycles. The van der Waals surface area contributed by atoms with Gasteiger partial charge in [0.05, 0.1) is 4.90 Å². The predicted molar refractivity (Wildman–Crippen MR) is 39.6 cm³/mol. The van der Waals surface area contributed by atoms with Crippen LogP contribution in [0.1, 0.15) is 5.56 Å². The molecule has 0 N–H and O–H groups in total. The minimum Gasteiger partial charge on any atom is -0.207 e. The van der Waals surface area contributed by atoms with E-state index in [0.717, 1.165) is 4.90 Å². The van der Waals surface area contributed by atoms with Crippen LogP contribution in [0.3, 0.4) is 0 Å². The van der Waals surface area contributed by atoms with E-state index in [2.05, 4.69) is 12.6 Å². The summed E-state index contributed by atoms with van der Waals surface area (Å²) >= 11 is 4.25. The minimum atomic E-state index is 1.04. The Morgan fingerprint density at radius 1 is 1.56 bits per heavy atom. The molecule has 0 spiro atoms. The van der Waals surface area contributed by atoms with Gasteiger partial charge in [-0.2, -0.15) is 0 Å². The van der Waals surface area contributed by atoms with Gasteiger partial charge in [-0.05, 0) is 12.5 Å². The lowest BCUT2D eigenvalue weighted by Crippen LogP contribution is -2.26. The number of hydrogen-bond acceptors (Lipinski definition) is 1. The Kier molecular flexibility index (Phi) is 1.76. The summed E-state index contributed by atoms with van der Waals surface area (Å²) in [6, 6.07) is 2.04. The van der Waals surface area contributed by atoms with Crippen molar-refractivity contribution in [1.82, 2.24) is 0 Å². The summed E-state index contributed by atoms with van der Waals surface area (Å²) in [6.45, 7) is 2.04. The first kappa shape index (κ1) is 6.62. The van der Waals surface area contributed by atoms with Crippen LogP contribution in [-0.2, 0) is 7.05 Å². The molecule has 0 atom stereocenters. The fourth-order valence-corrected chi connectivity index (χ4v) is 0.909. The number of rotatable bonds is 0. The van der Waals surface area contributed by atoms with Crippen LogP contribution in [0.25, 0.3) is 0 Å². The topological polar surface area (TPSA) is 3.88 Å². The fourth-order valence-electron chi connectivity index (χ4n) is 0.652. The van der Waals surface area contributed by atoms with Crippen LogP contribution in [0.5, 0.6) is 0 Å². The third kappa shape index (κ3) is 1.45. The van der Waals surface area contributed by atoms with Gasteiger partial charge < -0.3 is 0 Å². The van der Waals surface area contributed by atoms with Crippen LogP contribution >= 0.6 is 12.6 Å². The molecule has 1 rings (SSSR count). The Labute approximate surface area is 60.7 Å². The van der Waals surface area contributed by atoms with Crippen molar-refractivity contribution in [2.75, 3.05) is 0 Å². The van der Waals surface area contributed by atoms with E-state index in [1.165, 1.54) is 5.56 Å². The lowest BCUT2D eigenvalue weighted by molar-refractivity contribution is -0.673. The summed E-state index contributed by atoms with van der Waals surface area (Å²) in [4.78, 5) is 1.04. The van der Waals surface area contributed by atoms with Crippen molar-refractivity contribution < 1.29 is 4.57 Å². The highest BCUT2D eigenvalue weighted by molar-refractivity contribution is 7.80. The Balaban J connectivity index is 3.17. The summed E-state index contributed by atoms with van der Waals surface area (Å²) in [5, 5.41) is 0. The SMILES string of the molecule is Cc1cc[n+](C)cc1S. The molecule has 0 bridgehead atoms. The standard InChI is InChI=1S/C7H9NS/c1-6-3-4-8(2)5-7(6)9/h3-5H,1-2H3/p+1. The average molecular weight is 140 g/mol. The van der Waals surface area contributed by atoms with Crippen molar-refractivity contribution in [2.24, 2.45) is 7.05 Å². The maximum Gasteiger partial charge on any atom is 0.182 e. The number of pyridine rings is 1. The zero-order valence-corrected chi connectivity index (χ0v) is 6.52. The molecular weight excluding hydrogens is 130 g/mol. The molecule has 0 aliphatic rings. The van der Waals surface area contributed by atoms with Crippen molar-refractivity contribution >= 4 is 12.6 Å². The van der Waals surface area contributed by atoms with Gasteiger partial charge in [-0.1, -0.05) is 0 Å². The van der Waals surface area contributed by atoms with E-state index in [9.17, 15) is 0 Å². The van der Waals surface area contributed by atoms with Crippen LogP contribution in [0, 0.1) is 6.92 Å². The van der Waals surface area contributed by atoms with Gasteiger partial charge in [0.1, 0.15) is 7.05 Å². The molecule has 0 unspecified atom stereocenters. The lowest BCUT2D eigenvalue weighted by Gasteiger charge is -1.92. The number of nitrogens with zero attached hydrogens (tertiary/aromatic N) is 1. The molecule has 0 saturated carbocycles. The highest BCUT2D eigenvalue weighted by Gasteiger charge is 1.95. The second-order valence-corrected chi connectivity index (χ2v) is 2.66. The highest BCUT2D eigenvalue weighted by atomic mass is 32.1. The lowest BCUT2D eigenvalue weighted by atomic mass is 10.3. The molecule has 0 radical (unpaired) electrons. The first-order valence-electron chi connectivity index (χ1n) is 2.85. The van der Waals surface area contributed by atoms with Crippen molar-refractivity contribution in [3.63, 3.8) is 0 Å². The number of aryl methyl sites for hydroxylation is 2. The van der Waals surface area contributed by atoms with E-state index in [1.807, 2.05) is 37.0 Å². The molecule has 1 aromatic rings. The van der Waals surface area contributed by atoms with Gasteiger partial charge in [-0.15, -0.1) is 12.6 Å². The first-order valence-corrected chi connectivity index (χ1v) is 3.30. The van der Waals surface area contributed by atoms with Crippen LogP contribution in [-0.4, -0.2) is 0 Å². The van der Waals surface area contributed by atoms with Gasteiger partial charge in [0.2, 0.25) is 0 Å². The molecule has 0 aromatic carbocycles. The average Bonchev–Trinajstić information content (AvgIpc) is 1.80. The molecule has 48 valence electrons. The van der Waals surface area contributed by atoms with Gasteiger partial charge in [0.25, 0.3) is 0 Å². The van der Waals surface area contributed by atoms with Crippen molar-refractivity contribution in [2.45, 2.75) is 11.8 Å². The third-order valence-corrected chi connectivity index (χ3v) is 1.76. The number of aromatic nitrogens is 1. The predicted octanol–water partition coefficient (Wildman–Crippen LogP) is 1.11. The maximum atomic E-state index is 4.25. The van der Waals surface area contributed by atoms with Crippen LogP contribution in [0.4, 0.5) is 0 Å². The maximum absolute atomic E-state index is 4.25. The Morgan fingerprint density at radius 3 is 2.67 bits per heavy atom. The molecule has 0 aliphatic heterocycles. The summed E-state index contributed by atoms with van der Waals surface area (Å²) in [6.07, 6.45) is 3.99. The molecule has 0 aliphatic carbocycles.